The first-order valence-electron chi connectivity index (χ1n) is 6.93. The van der Waals surface area contributed by atoms with Crippen molar-refractivity contribution in [1.82, 2.24) is 0 Å². The van der Waals surface area contributed by atoms with Crippen molar-refractivity contribution in [2.45, 2.75) is 0 Å². The first-order valence-corrected chi connectivity index (χ1v) is 10.2. The normalized spacial score (nSPS) is 8.56. The predicted molar refractivity (Wildman–Crippen MR) is 113 cm³/mol. The number of carbonyl (C=O) groups excluding carboxylic acids is 5. The maximum Gasteiger partial charge on any atom is 1.00 e. The number of nitrogens with one attached hydrogen (secondary N) is 2. The number of halogens is 2. The molecule has 0 saturated heterocycles. The van der Waals surface area contributed by atoms with Crippen LogP contribution in [-0.2, 0) is 0 Å². The number of carboxylic acid groups (broad SMARTS) is 2. The smallest absolute Gasteiger partial charge is 0.652 e. The van der Waals surface area contributed by atoms with Crippen molar-refractivity contribution in [1.29, 1.82) is 0 Å². The van der Waals surface area contributed by atoms with Crippen LogP contribution in [0.2, 0.25) is 0 Å². The molecule has 6 amide bonds. The SMILES string of the molecule is NC(=O)Nc1sc(Br)cc1C(N)=O.NC(=O)Nc1sc(Br)cc1C(N)=O.O=C([O-])[O-].[Na+].[Na+]. The quantitative estimate of drug-likeness (QED) is 0.177. The van der Waals surface area contributed by atoms with Gasteiger partial charge in [0.15, 0.2) is 0 Å². The van der Waals surface area contributed by atoms with E-state index >= 15 is 0 Å². The zero-order chi connectivity index (χ0) is 23.6. The van der Waals surface area contributed by atoms with Gasteiger partial charge in [0.1, 0.15) is 10.0 Å². The summed E-state index contributed by atoms with van der Waals surface area (Å²) < 4.78 is 1.40. The van der Waals surface area contributed by atoms with Gasteiger partial charge in [-0.1, -0.05) is 0 Å². The van der Waals surface area contributed by atoms with Crippen LogP contribution in [0.15, 0.2) is 19.7 Å². The molecule has 0 radical (unpaired) electrons. The second-order valence-corrected chi connectivity index (χ2v) is 9.41. The van der Waals surface area contributed by atoms with Crippen LogP contribution in [0.4, 0.5) is 24.4 Å². The van der Waals surface area contributed by atoms with Crippen molar-refractivity contribution in [2.75, 3.05) is 10.6 Å². The number of urea groups is 2. The van der Waals surface area contributed by atoms with Gasteiger partial charge in [-0.3, -0.25) is 20.2 Å². The fraction of sp³-hybridized carbons (Fsp3) is 0. The van der Waals surface area contributed by atoms with Gasteiger partial charge in [0.2, 0.25) is 0 Å². The van der Waals surface area contributed by atoms with Crippen molar-refractivity contribution in [3.8, 4) is 0 Å². The molecule has 0 fully saturated rings. The van der Waals surface area contributed by atoms with Gasteiger partial charge in [0.25, 0.3) is 11.8 Å². The van der Waals surface area contributed by atoms with Crippen molar-refractivity contribution in [2.24, 2.45) is 22.9 Å². The van der Waals surface area contributed by atoms with E-state index in [-0.39, 0.29) is 70.2 Å². The van der Waals surface area contributed by atoms with Crippen LogP contribution >= 0.6 is 54.5 Å². The molecule has 19 heteroatoms. The third kappa shape index (κ3) is 15.0. The summed E-state index contributed by atoms with van der Waals surface area (Å²) in [6, 6.07) is 1.60. The number of anilines is 2. The molecule has 0 spiro atoms. The van der Waals surface area contributed by atoms with E-state index in [1.165, 1.54) is 34.8 Å². The molecule has 2 heterocycles. The van der Waals surface area contributed by atoms with Crippen LogP contribution in [0.3, 0.4) is 0 Å². The van der Waals surface area contributed by atoms with Crippen LogP contribution in [-0.4, -0.2) is 30.0 Å². The molecule has 2 aromatic rings. The molecule has 2 aromatic heterocycles. The zero-order valence-electron chi connectivity index (χ0n) is 16.4. The summed E-state index contributed by atoms with van der Waals surface area (Å²) >= 11 is 8.67. The fourth-order valence-corrected chi connectivity index (χ4v) is 4.51. The minimum atomic E-state index is -2.33. The maximum absolute atomic E-state index is 10.8. The van der Waals surface area contributed by atoms with E-state index in [9.17, 15) is 19.2 Å². The molecule has 164 valence electrons. The maximum atomic E-state index is 10.8. The van der Waals surface area contributed by atoms with Crippen LogP contribution in [0.5, 0.6) is 0 Å². The van der Waals surface area contributed by atoms with E-state index in [0.717, 1.165) is 0 Å². The van der Waals surface area contributed by atoms with Crippen LogP contribution in [0, 0.1) is 0 Å². The van der Waals surface area contributed by atoms with Crippen LogP contribution in [0.25, 0.3) is 0 Å². The Morgan fingerprint density at radius 1 is 0.719 bits per heavy atom. The van der Waals surface area contributed by atoms with E-state index in [0.29, 0.717) is 17.6 Å². The Hall–Kier alpha value is -0.890. The molecule has 0 bridgehead atoms. The van der Waals surface area contributed by atoms with Crippen molar-refractivity contribution >= 4 is 94.6 Å². The molecule has 2 rings (SSSR count). The minimum absolute atomic E-state index is 0. The van der Waals surface area contributed by atoms with Gasteiger partial charge in [-0.15, -0.1) is 22.7 Å². The number of amides is 6. The van der Waals surface area contributed by atoms with Crippen molar-refractivity contribution < 1.29 is 93.3 Å². The van der Waals surface area contributed by atoms with E-state index in [4.69, 9.17) is 37.9 Å². The van der Waals surface area contributed by atoms with Crippen LogP contribution < -0.4 is 103 Å². The largest absolute Gasteiger partial charge is 1.00 e. The summed E-state index contributed by atoms with van der Waals surface area (Å²) in [5.41, 5.74) is 20.4. The van der Waals surface area contributed by atoms with Gasteiger partial charge in [-0.2, -0.15) is 0 Å². The Kier molecular flexibility index (Phi) is 19.6. The summed E-state index contributed by atoms with van der Waals surface area (Å²) in [7, 11) is 0. The van der Waals surface area contributed by atoms with Gasteiger partial charge in [-0.05, 0) is 50.1 Å². The van der Waals surface area contributed by atoms with Gasteiger partial charge >= 0.3 is 71.2 Å². The Bertz CT molecular complexity index is 898. The zero-order valence-corrected chi connectivity index (χ0v) is 25.2. The summed E-state index contributed by atoms with van der Waals surface area (Å²) in [5, 5.41) is 22.0. The summed E-state index contributed by atoms with van der Waals surface area (Å²) in [5.74, 6) is -1.21. The van der Waals surface area contributed by atoms with E-state index in [2.05, 4.69) is 42.5 Å². The van der Waals surface area contributed by atoms with E-state index in [1.807, 2.05) is 0 Å². The number of primary amides is 4. The standard InChI is InChI=1S/2C6H6BrN3O2S.CH2O3.2Na/c2*7-3-1-2(4(8)11)5(13-3)10-6(9)12;2-1(3)4;;/h2*1H,(H2,8,11)(H3,9,10,12);(H2,2,3,4);;/q;;;2*+1/p-2. The second-order valence-electron chi connectivity index (χ2n) is 4.54. The average Bonchev–Trinajstić information content (AvgIpc) is 3.08. The molecule has 32 heavy (non-hydrogen) atoms. The fourth-order valence-electron chi connectivity index (χ4n) is 1.50. The molecule has 0 atom stereocenters. The number of carbonyl (C=O) groups is 5. The second kappa shape index (κ2) is 17.6. The molecule has 0 aliphatic rings. The molecule has 0 aromatic carbocycles. The Labute approximate surface area is 249 Å². The third-order valence-electron chi connectivity index (χ3n) is 2.41. The Morgan fingerprint density at radius 2 is 0.969 bits per heavy atom. The Morgan fingerprint density at radius 3 is 1.16 bits per heavy atom. The first kappa shape index (κ1) is 35.7. The first-order chi connectivity index (χ1) is 13.7. The number of hydrogen-bond donors (Lipinski definition) is 6. The molecule has 13 nitrogen and oxygen atoms in total. The monoisotopic (exact) mass is 632 g/mol. The molecule has 0 unspecified atom stereocenters. The molecular weight excluding hydrogens is 622 g/mol. The molecule has 0 saturated carbocycles. The number of rotatable bonds is 4. The minimum Gasteiger partial charge on any atom is -0.652 e. The van der Waals surface area contributed by atoms with Gasteiger partial charge in [-0.25, -0.2) is 9.59 Å². The van der Waals surface area contributed by atoms with Crippen LogP contribution in [0.1, 0.15) is 20.7 Å². The molecular formula is C13H12Br2N6Na2O7S2. The van der Waals surface area contributed by atoms with E-state index in [1.54, 1.807) is 0 Å². The molecule has 10 N–H and O–H groups in total. The van der Waals surface area contributed by atoms with Gasteiger partial charge in [0, 0.05) is 0 Å². The number of hydrogen-bond acceptors (Lipinski definition) is 9. The summed E-state index contributed by atoms with van der Waals surface area (Å²) in [6.07, 6.45) is -2.33. The van der Waals surface area contributed by atoms with Crippen molar-refractivity contribution in [3.63, 3.8) is 0 Å². The van der Waals surface area contributed by atoms with Gasteiger partial charge < -0.3 is 37.9 Å². The molecule has 0 aliphatic heterocycles. The number of thiophene rings is 2. The van der Waals surface area contributed by atoms with Crippen molar-refractivity contribution in [3.05, 3.63) is 30.8 Å². The topological polar surface area (TPSA) is 260 Å². The molecule has 0 aliphatic carbocycles. The summed E-state index contributed by atoms with van der Waals surface area (Å²) in [4.78, 5) is 51.0. The third-order valence-corrected chi connectivity index (χ3v) is 5.52. The van der Waals surface area contributed by atoms with Gasteiger partial charge in [0.05, 0.1) is 18.7 Å². The van der Waals surface area contributed by atoms with E-state index < -0.39 is 30.0 Å². The average molecular weight is 634 g/mol. The predicted octanol–water partition coefficient (Wildman–Crippen LogP) is -6.24. The summed E-state index contributed by atoms with van der Waals surface area (Å²) in [6.45, 7) is 0. The Balaban J connectivity index is -0.000000428. The number of nitrogens with two attached hydrogens (primary N) is 4.